The SMILES string of the molecule is O=C(O)Cc1[nH]c2ccccc2c1S. The summed E-state index contributed by atoms with van der Waals surface area (Å²) in [5.41, 5.74) is 1.58. The zero-order valence-electron chi connectivity index (χ0n) is 7.32. The molecule has 1 aromatic carbocycles. The van der Waals surface area contributed by atoms with Crippen molar-refractivity contribution < 1.29 is 9.90 Å². The first-order valence-corrected chi connectivity index (χ1v) is 4.63. The number of carboxylic acids is 1. The lowest BCUT2D eigenvalue weighted by atomic mass is 10.2. The highest BCUT2D eigenvalue weighted by Crippen LogP contribution is 2.25. The average molecular weight is 207 g/mol. The molecule has 4 heteroatoms. The second-order valence-electron chi connectivity index (χ2n) is 3.07. The maximum absolute atomic E-state index is 10.5. The molecule has 0 fully saturated rings. The summed E-state index contributed by atoms with van der Waals surface area (Å²) in [6.07, 6.45) is -0.0203. The van der Waals surface area contributed by atoms with Gasteiger partial charge in [0, 0.05) is 21.5 Å². The molecule has 2 rings (SSSR count). The third-order valence-corrected chi connectivity index (χ3v) is 2.59. The lowest BCUT2D eigenvalue weighted by molar-refractivity contribution is -0.136. The molecule has 0 atom stereocenters. The standard InChI is InChI=1S/C10H9NO2S/c12-9(13)5-8-10(14)6-3-1-2-4-7(6)11-8/h1-4,11,14H,5H2,(H,12,13). The number of hydrogen-bond acceptors (Lipinski definition) is 2. The lowest BCUT2D eigenvalue weighted by Crippen LogP contribution is -2.00. The predicted octanol–water partition coefficient (Wildman–Crippen LogP) is 2.08. The number of aromatic nitrogens is 1. The molecule has 3 nitrogen and oxygen atoms in total. The quantitative estimate of drug-likeness (QED) is 0.660. The molecule has 1 heterocycles. The van der Waals surface area contributed by atoms with Crippen molar-refractivity contribution in [2.75, 3.05) is 0 Å². The highest BCUT2D eigenvalue weighted by atomic mass is 32.1. The van der Waals surface area contributed by atoms with Crippen LogP contribution in [0.25, 0.3) is 10.9 Å². The van der Waals surface area contributed by atoms with E-state index in [0.29, 0.717) is 5.69 Å². The van der Waals surface area contributed by atoms with Crippen LogP contribution in [0.1, 0.15) is 5.69 Å². The first kappa shape index (κ1) is 9.15. The number of rotatable bonds is 2. The van der Waals surface area contributed by atoms with Crippen LogP contribution < -0.4 is 0 Å². The number of thiol groups is 1. The van der Waals surface area contributed by atoms with Crippen molar-refractivity contribution in [3.63, 3.8) is 0 Å². The largest absolute Gasteiger partial charge is 0.481 e. The number of carbonyl (C=O) groups is 1. The van der Waals surface area contributed by atoms with Gasteiger partial charge in [0.2, 0.25) is 0 Å². The summed E-state index contributed by atoms with van der Waals surface area (Å²) in [6.45, 7) is 0. The second-order valence-corrected chi connectivity index (χ2v) is 3.52. The molecule has 2 N–H and O–H groups in total. The minimum atomic E-state index is -0.855. The molecule has 0 spiro atoms. The number of hydrogen-bond donors (Lipinski definition) is 3. The van der Waals surface area contributed by atoms with E-state index < -0.39 is 5.97 Å². The van der Waals surface area contributed by atoms with E-state index in [9.17, 15) is 4.79 Å². The van der Waals surface area contributed by atoms with E-state index in [1.165, 1.54) is 0 Å². The highest BCUT2D eigenvalue weighted by molar-refractivity contribution is 7.80. The fraction of sp³-hybridized carbons (Fsp3) is 0.100. The number of para-hydroxylation sites is 1. The Morgan fingerprint density at radius 3 is 2.79 bits per heavy atom. The first-order valence-electron chi connectivity index (χ1n) is 4.19. The Labute approximate surface area is 86.2 Å². The molecule has 0 aliphatic carbocycles. The summed E-state index contributed by atoms with van der Waals surface area (Å²) < 4.78 is 0. The summed E-state index contributed by atoms with van der Waals surface area (Å²) in [5, 5.41) is 9.63. The van der Waals surface area contributed by atoms with Crippen LogP contribution >= 0.6 is 12.6 Å². The molecule has 1 aromatic heterocycles. The highest BCUT2D eigenvalue weighted by Gasteiger charge is 2.10. The second kappa shape index (κ2) is 3.38. The molecule has 72 valence electrons. The van der Waals surface area contributed by atoms with Gasteiger partial charge in [-0.05, 0) is 6.07 Å². The smallest absolute Gasteiger partial charge is 0.309 e. The van der Waals surface area contributed by atoms with Gasteiger partial charge in [-0.25, -0.2) is 0 Å². The molecule has 0 saturated heterocycles. The van der Waals surface area contributed by atoms with Gasteiger partial charge in [0.15, 0.2) is 0 Å². The Balaban J connectivity index is 2.57. The van der Waals surface area contributed by atoms with Gasteiger partial charge in [0.1, 0.15) is 0 Å². The molecule has 0 aliphatic rings. The summed E-state index contributed by atoms with van der Waals surface area (Å²) in [4.78, 5) is 14.3. The Morgan fingerprint density at radius 1 is 1.43 bits per heavy atom. The van der Waals surface area contributed by atoms with Gasteiger partial charge in [-0.2, -0.15) is 0 Å². The van der Waals surface area contributed by atoms with Crippen LogP contribution in [0.2, 0.25) is 0 Å². The summed E-state index contributed by atoms with van der Waals surface area (Å²) in [6, 6.07) is 7.62. The number of aromatic amines is 1. The minimum absolute atomic E-state index is 0.0203. The van der Waals surface area contributed by atoms with Gasteiger partial charge in [-0.15, -0.1) is 12.6 Å². The molecule has 0 aliphatic heterocycles. The van der Waals surface area contributed by atoms with Gasteiger partial charge >= 0.3 is 5.97 Å². The van der Waals surface area contributed by atoms with Crippen LogP contribution in [0.4, 0.5) is 0 Å². The van der Waals surface area contributed by atoms with Crippen molar-refractivity contribution in [3.05, 3.63) is 30.0 Å². The van der Waals surface area contributed by atoms with E-state index >= 15 is 0 Å². The van der Waals surface area contributed by atoms with Crippen LogP contribution in [0.3, 0.4) is 0 Å². The average Bonchev–Trinajstić information content (AvgIpc) is 2.44. The van der Waals surface area contributed by atoms with Crippen molar-refractivity contribution in [1.29, 1.82) is 0 Å². The number of carboxylic acid groups (broad SMARTS) is 1. The minimum Gasteiger partial charge on any atom is -0.481 e. The van der Waals surface area contributed by atoms with E-state index in [0.717, 1.165) is 15.8 Å². The molecule has 2 aromatic rings. The fourth-order valence-corrected chi connectivity index (χ4v) is 1.79. The number of benzene rings is 1. The Morgan fingerprint density at radius 2 is 2.14 bits per heavy atom. The van der Waals surface area contributed by atoms with E-state index in [2.05, 4.69) is 17.6 Å². The number of nitrogens with one attached hydrogen (secondary N) is 1. The molecule has 0 bridgehead atoms. The Bertz CT molecular complexity index is 490. The summed E-state index contributed by atoms with van der Waals surface area (Å²) in [5.74, 6) is -0.855. The van der Waals surface area contributed by atoms with Crippen molar-refractivity contribution in [3.8, 4) is 0 Å². The van der Waals surface area contributed by atoms with Gasteiger partial charge in [0.05, 0.1) is 6.42 Å². The number of fused-ring (bicyclic) bond motifs is 1. The molecule has 0 amide bonds. The van der Waals surface area contributed by atoms with Crippen molar-refractivity contribution in [2.45, 2.75) is 11.3 Å². The van der Waals surface area contributed by atoms with Crippen molar-refractivity contribution in [1.82, 2.24) is 4.98 Å². The zero-order valence-corrected chi connectivity index (χ0v) is 8.21. The van der Waals surface area contributed by atoms with Gasteiger partial charge < -0.3 is 10.1 Å². The summed E-state index contributed by atoms with van der Waals surface area (Å²) >= 11 is 4.30. The normalized spacial score (nSPS) is 10.6. The molecular weight excluding hydrogens is 198 g/mol. The number of H-pyrrole nitrogens is 1. The first-order chi connectivity index (χ1) is 6.68. The van der Waals surface area contributed by atoms with E-state index in [1.54, 1.807) is 0 Å². The molecule has 0 unspecified atom stereocenters. The van der Waals surface area contributed by atoms with E-state index in [1.807, 2.05) is 24.3 Å². The van der Waals surface area contributed by atoms with Crippen LogP contribution in [-0.2, 0) is 11.2 Å². The Hall–Kier alpha value is -1.42. The third kappa shape index (κ3) is 1.48. The maximum atomic E-state index is 10.5. The van der Waals surface area contributed by atoms with E-state index in [-0.39, 0.29) is 6.42 Å². The monoisotopic (exact) mass is 207 g/mol. The zero-order chi connectivity index (χ0) is 10.1. The van der Waals surface area contributed by atoms with E-state index in [4.69, 9.17) is 5.11 Å². The fourth-order valence-electron chi connectivity index (χ4n) is 1.46. The summed E-state index contributed by atoms with van der Waals surface area (Å²) in [7, 11) is 0. The topological polar surface area (TPSA) is 53.1 Å². The van der Waals surface area contributed by atoms with Gasteiger partial charge in [0.25, 0.3) is 0 Å². The van der Waals surface area contributed by atoms with Crippen LogP contribution in [-0.4, -0.2) is 16.1 Å². The van der Waals surface area contributed by atoms with Crippen LogP contribution in [0, 0.1) is 0 Å². The molecule has 14 heavy (non-hydrogen) atoms. The van der Waals surface area contributed by atoms with Crippen LogP contribution in [0.5, 0.6) is 0 Å². The Kier molecular flexibility index (Phi) is 2.21. The van der Waals surface area contributed by atoms with Crippen LogP contribution in [0.15, 0.2) is 29.2 Å². The molecule has 0 radical (unpaired) electrons. The van der Waals surface area contributed by atoms with Crippen molar-refractivity contribution in [2.24, 2.45) is 0 Å². The van der Waals surface area contributed by atoms with Gasteiger partial charge in [-0.1, -0.05) is 18.2 Å². The maximum Gasteiger partial charge on any atom is 0.309 e. The van der Waals surface area contributed by atoms with Crippen molar-refractivity contribution >= 4 is 29.5 Å². The lowest BCUT2D eigenvalue weighted by Gasteiger charge is -1.92. The third-order valence-electron chi connectivity index (χ3n) is 2.08. The van der Waals surface area contributed by atoms with Gasteiger partial charge in [-0.3, -0.25) is 4.79 Å². The predicted molar refractivity (Wildman–Crippen MR) is 56.9 cm³/mol. The molecular formula is C10H9NO2S. The number of aliphatic carboxylic acids is 1. The molecule has 0 saturated carbocycles.